The van der Waals surface area contributed by atoms with Gasteiger partial charge in [0, 0.05) is 68.1 Å². The highest BCUT2D eigenvalue weighted by atomic mass is 35.5. The fourth-order valence-corrected chi connectivity index (χ4v) is 4.97. The average molecular weight is 483 g/mol. The van der Waals surface area contributed by atoms with Crippen LogP contribution >= 0.6 is 11.6 Å². The first-order valence-corrected chi connectivity index (χ1v) is 12.7. The number of para-hydroxylation sites is 1. The molecule has 7 heteroatoms. The zero-order chi connectivity index (χ0) is 24.1. The van der Waals surface area contributed by atoms with Crippen molar-refractivity contribution in [3.63, 3.8) is 0 Å². The summed E-state index contributed by atoms with van der Waals surface area (Å²) in [6.07, 6.45) is 2.36. The van der Waals surface area contributed by atoms with Crippen LogP contribution < -0.4 is 15.1 Å². The highest BCUT2D eigenvalue weighted by Crippen LogP contribution is 2.27. The molecule has 0 radical (unpaired) electrons. The second-order valence-electron chi connectivity index (χ2n) is 9.70. The molecule has 2 aliphatic rings. The van der Waals surface area contributed by atoms with Crippen LogP contribution in [0.5, 0.6) is 0 Å². The predicted molar refractivity (Wildman–Crippen MR) is 139 cm³/mol. The van der Waals surface area contributed by atoms with Crippen LogP contribution in [-0.4, -0.2) is 62.0 Å². The number of rotatable bonds is 6. The number of piperazine rings is 1. The third-order valence-corrected chi connectivity index (χ3v) is 6.94. The molecule has 2 aromatic carbocycles. The molecule has 2 amide bonds. The van der Waals surface area contributed by atoms with Crippen LogP contribution in [0.1, 0.15) is 43.5 Å². The summed E-state index contributed by atoms with van der Waals surface area (Å²) in [6.45, 7) is 8.79. The summed E-state index contributed by atoms with van der Waals surface area (Å²) in [7, 11) is 0. The molecule has 0 unspecified atom stereocenters. The first-order valence-electron chi connectivity index (χ1n) is 12.3. The van der Waals surface area contributed by atoms with E-state index in [1.807, 2.05) is 47.4 Å². The summed E-state index contributed by atoms with van der Waals surface area (Å²) < 4.78 is 0. The zero-order valence-electron chi connectivity index (χ0n) is 20.2. The summed E-state index contributed by atoms with van der Waals surface area (Å²) in [5.41, 5.74) is 2.91. The summed E-state index contributed by atoms with van der Waals surface area (Å²) in [5, 5.41) is 3.91. The van der Waals surface area contributed by atoms with Crippen molar-refractivity contribution in [3.8, 4) is 0 Å². The topological polar surface area (TPSA) is 55.9 Å². The Bertz CT molecular complexity index is 978. The standard InChI is InChI=1S/C27H35ClN4O2/c1-20(2)19-26(33)29-22-11-13-31(14-12-22)25-6-4-3-5-24(25)27(34)32-17-15-30(16-18-32)23-9-7-21(28)8-10-23/h3-10,20,22H,11-19H2,1-2H3,(H,29,33). The molecule has 182 valence electrons. The van der Waals surface area contributed by atoms with E-state index in [-0.39, 0.29) is 17.9 Å². The first-order chi connectivity index (χ1) is 16.4. The van der Waals surface area contributed by atoms with E-state index >= 15 is 0 Å². The van der Waals surface area contributed by atoms with Gasteiger partial charge in [-0.3, -0.25) is 9.59 Å². The fraction of sp³-hybridized carbons (Fsp3) is 0.481. The Kier molecular flexibility index (Phi) is 7.99. The molecule has 2 heterocycles. The van der Waals surface area contributed by atoms with Gasteiger partial charge in [-0.1, -0.05) is 37.6 Å². The first kappa shape index (κ1) is 24.4. The van der Waals surface area contributed by atoms with Crippen molar-refractivity contribution >= 4 is 34.8 Å². The summed E-state index contributed by atoms with van der Waals surface area (Å²) in [6, 6.07) is 16.0. The highest BCUT2D eigenvalue weighted by Gasteiger charge is 2.27. The van der Waals surface area contributed by atoms with Gasteiger partial charge in [0.25, 0.3) is 5.91 Å². The van der Waals surface area contributed by atoms with Gasteiger partial charge in [0.1, 0.15) is 0 Å². The fourth-order valence-electron chi connectivity index (χ4n) is 4.84. The third-order valence-electron chi connectivity index (χ3n) is 6.69. The van der Waals surface area contributed by atoms with Crippen LogP contribution in [0.4, 0.5) is 11.4 Å². The monoisotopic (exact) mass is 482 g/mol. The minimum Gasteiger partial charge on any atom is -0.371 e. The van der Waals surface area contributed by atoms with Gasteiger partial charge in [0.05, 0.1) is 5.56 Å². The molecule has 2 aromatic rings. The van der Waals surface area contributed by atoms with E-state index in [0.717, 1.165) is 61.0 Å². The number of carbonyl (C=O) groups excluding carboxylic acids is 2. The van der Waals surface area contributed by atoms with Gasteiger partial charge in [-0.15, -0.1) is 0 Å². The Morgan fingerprint density at radius 3 is 2.21 bits per heavy atom. The number of nitrogens with zero attached hydrogens (tertiary/aromatic N) is 3. The molecule has 2 saturated heterocycles. The van der Waals surface area contributed by atoms with Crippen molar-refractivity contribution in [3.05, 3.63) is 59.1 Å². The van der Waals surface area contributed by atoms with Crippen molar-refractivity contribution in [2.75, 3.05) is 49.1 Å². The van der Waals surface area contributed by atoms with Gasteiger partial charge >= 0.3 is 0 Å². The zero-order valence-corrected chi connectivity index (χ0v) is 20.9. The number of halogens is 1. The molecule has 0 atom stereocenters. The van der Waals surface area contributed by atoms with Crippen LogP contribution in [0, 0.1) is 5.92 Å². The van der Waals surface area contributed by atoms with Gasteiger partial charge in [-0.2, -0.15) is 0 Å². The van der Waals surface area contributed by atoms with Crippen LogP contribution in [0.2, 0.25) is 5.02 Å². The van der Waals surface area contributed by atoms with Gasteiger partial charge in [0.2, 0.25) is 5.91 Å². The second-order valence-corrected chi connectivity index (χ2v) is 10.1. The highest BCUT2D eigenvalue weighted by molar-refractivity contribution is 6.30. The van der Waals surface area contributed by atoms with Crippen LogP contribution in [0.25, 0.3) is 0 Å². The van der Waals surface area contributed by atoms with Crippen LogP contribution in [0.3, 0.4) is 0 Å². The Morgan fingerprint density at radius 1 is 0.912 bits per heavy atom. The Hall–Kier alpha value is -2.73. The summed E-state index contributed by atoms with van der Waals surface area (Å²) >= 11 is 6.02. The molecule has 34 heavy (non-hydrogen) atoms. The molecule has 0 saturated carbocycles. The molecule has 2 aliphatic heterocycles. The van der Waals surface area contributed by atoms with E-state index in [0.29, 0.717) is 25.4 Å². The molecule has 0 spiro atoms. The van der Waals surface area contributed by atoms with E-state index in [4.69, 9.17) is 11.6 Å². The van der Waals surface area contributed by atoms with Gasteiger partial charge in [-0.25, -0.2) is 0 Å². The van der Waals surface area contributed by atoms with Crippen molar-refractivity contribution in [2.24, 2.45) is 5.92 Å². The average Bonchev–Trinajstić information content (AvgIpc) is 2.84. The molecular formula is C27H35ClN4O2. The number of hydrogen-bond donors (Lipinski definition) is 1. The number of anilines is 2. The van der Waals surface area contributed by atoms with Crippen LogP contribution in [0.15, 0.2) is 48.5 Å². The number of piperidine rings is 1. The molecular weight excluding hydrogens is 448 g/mol. The summed E-state index contributed by atoms with van der Waals surface area (Å²) in [4.78, 5) is 32.2. The molecule has 0 aliphatic carbocycles. The Labute approximate surface area is 207 Å². The Morgan fingerprint density at radius 2 is 1.56 bits per heavy atom. The van der Waals surface area contributed by atoms with E-state index in [9.17, 15) is 9.59 Å². The number of benzene rings is 2. The van der Waals surface area contributed by atoms with Gasteiger partial charge in [0.15, 0.2) is 0 Å². The molecule has 6 nitrogen and oxygen atoms in total. The van der Waals surface area contributed by atoms with Crippen molar-refractivity contribution < 1.29 is 9.59 Å². The quantitative estimate of drug-likeness (QED) is 0.661. The number of carbonyl (C=O) groups is 2. The lowest BCUT2D eigenvalue weighted by Crippen LogP contribution is -2.49. The van der Waals surface area contributed by atoms with Crippen molar-refractivity contribution in [1.82, 2.24) is 10.2 Å². The lowest BCUT2D eigenvalue weighted by molar-refractivity contribution is -0.122. The van der Waals surface area contributed by atoms with Crippen molar-refractivity contribution in [1.29, 1.82) is 0 Å². The maximum atomic E-state index is 13.5. The smallest absolute Gasteiger partial charge is 0.256 e. The maximum absolute atomic E-state index is 13.5. The molecule has 1 N–H and O–H groups in total. The second kappa shape index (κ2) is 11.1. The molecule has 0 bridgehead atoms. The lowest BCUT2D eigenvalue weighted by Gasteiger charge is -2.38. The number of amides is 2. The van der Waals surface area contributed by atoms with Gasteiger partial charge in [-0.05, 0) is 55.2 Å². The van der Waals surface area contributed by atoms with E-state index < -0.39 is 0 Å². The van der Waals surface area contributed by atoms with E-state index in [1.54, 1.807) is 0 Å². The van der Waals surface area contributed by atoms with Crippen LogP contribution in [-0.2, 0) is 4.79 Å². The maximum Gasteiger partial charge on any atom is 0.256 e. The molecule has 4 rings (SSSR count). The normalized spacial score (nSPS) is 17.2. The number of nitrogens with one attached hydrogen (secondary N) is 1. The van der Waals surface area contributed by atoms with E-state index in [1.165, 1.54) is 0 Å². The minimum absolute atomic E-state index is 0.0960. The Balaban J connectivity index is 1.35. The summed E-state index contributed by atoms with van der Waals surface area (Å²) in [5.74, 6) is 0.603. The van der Waals surface area contributed by atoms with E-state index in [2.05, 4.69) is 35.0 Å². The largest absolute Gasteiger partial charge is 0.371 e. The lowest BCUT2D eigenvalue weighted by atomic mass is 10.0. The van der Waals surface area contributed by atoms with Gasteiger partial charge < -0.3 is 20.0 Å². The minimum atomic E-state index is 0.0960. The predicted octanol–water partition coefficient (Wildman–Crippen LogP) is 4.43. The number of hydrogen-bond acceptors (Lipinski definition) is 4. The third kappa shape index (κ3) is 6.03. The molecule has 2 fully saturated rings. The molecule has 0 aromatic heterocycles. The van der Waals surface area contributed by atoms with Crippen molar-refractivity contribution in [2.45, 2.75) is 39.2 Å². The SMILES string of the molecule is CC(C)CC(=O)NC1CCN(c2ccccc2C(=O)N2CCN(c3ccc(Cl)cc3)CC2)CC1.